The van der Waals surface area contributed by atoms with Crippen LogP contribution in [0.2, 0.25) is 0 Å². The fraction of sp³-hybridized carbons (Fsp3) is 1.00. The summed E-state index contributed by atoms with van der Waals surface area (Å²) >= 11 is 0. The highest BCUT2D eigenvalue weighted by atomic mass is 16.3. The smallest absolute Gasteiger partial charge is 0.0575 e. The summed E-state index contributed by atoms with van der Waals surface area (Å²) in [4.78, 5) is 5.07. The Kier molecular flexibility index (Phi) is 5.42. The van der Waals surface area contributed by atoms with E-state index in [0.717, 1.165) is 19.6 Å². The number of aliphatic hydroxyl groups is 1. The molecule has 2 atom stereocenters. The Morgan fingerprint density at radius 3 is 2.06 bits per heavy atom. The lowest BCUT2D eigenvalue weighted by Crippen LogP contribution is -2.52. The molecule has 1 aliphatic heterocycles. The lowest BCUT2D eigenvalue weighted by molar-refractivity contribution is 0.0139. The Balaban J connectivity index is 2.37. The minimum absolute atomic E-state index is 0.00145. The van der Waals surface area contributed by atoms with Gasteiger partial charge in [0.25, 0.3) is 0 Å². The van der Waals surface area contributed by atoms with Crippen LogP contribution in [0.4, 0.5) is 0 Å². The molecule has 1 rings (SSSR count). The quantitative estimate of drug-likeness (QED) is 0.796. The molecule has 3 heteroatoms. The molecule has 1 saturated heterocycles. The zero-order chi connectivity index (χ0) is 13.1. The molecule has 0 aromatic rings. The first kappa shape index (κ1) is 14.9. The maximum Gasteiger partial charge on any atom is 0.0575 e. The molecule has 0 radical (unpaired) electrons. The van der Waals surface area contributed by atoms with Crippen molar-refractivity contribution in [1.82, 2.24) is 9.80 Å². The van der Waals surface area contributed by atoms with Crippen molar-refractivity contribution in [3.63, 3.8) is 0 Å². The van der Waals surface area contributed by atoms with Gasteiger partial charge in [-0.25, -0.2) is 0 Å². The van der Waals surface area contributed by atoms with Gasteiger partial charge in [0.15, 0.2) is 0 Å². The van der Waals surface area contributed by atoms with E-state index in [2.05, 4.69) is 37.5 Å². The topological polar surface area (TPSA) is 26.7 Å². The van der Waals surface area contributed by atoms with Crippen molar-refractivity contribution in [1.29, 1.82) is 0 Å². The van der Waals surface area contributed by atoms with Crippen LogP contribution in [0, 0.1) is 5.41 Å². The fourth-order valence-corrected chi connectivity index (χ4v) is 2.33. The zero-order valence-corrected chi connectivity index (χ0v) is 12.2. The number of hydrogen-bond donors (Lipinski definition) is 1. The number of nitrogens with zero attached hydrogens (tertiary/aromatic N) is 2. The molecule has 0 aromatic heterocycles. The van der Waals surface area contributed by atoms with Gasteiger partial charge in [-0.1, -0.05) is 20.8 Å². The van der Waals surface area contributed by atoms with Crippen molar-refractivity contribution in [3.05, 3.63) is 0 Å². The molecule has 1 aliphatic rings. The van der Waals surface area contributed by atoms with Crippen LogP contribution in [0.3, 0.4) is 0 Å². The maximum absolute atomic E-state index is 9.75. The summed E-state index contributed by atoms with van der Waals surface area (Å²) in [5.41, 5.74) is -0.00145. The number of piperazine rings is 1. The second-order valence-corrected chi connectivity index (χ2v) is 6.23. The van der Waals surface area contributed by atoms with Crippen LogP contribution in [0.5, 0.6) is 0 Å². The van der Waals surface area contributed by atoms with Gasteiger partial charge in [0.05, 0.1) is 6.10 Å². The normalized spacial score (nSPS) is 23.6. The van der Waals surface area contributed by atoms with Crippen molar-refractivity contribution in [2.24, 2.45) is 5.41 Å². The maximum atomic E-state index is 9.75. The predicted octanol–water partition coefficient (Wildman–Crippen LogP) is 1.81. The van der Waals surface area contributed by atoms with Gasteiger partial charge < -0.3 is 10.0 Å². The van der Waals surface area contributed by atoms with E-state index in [1.54, 1.807) is 0 Å². The summed E-state index contributed by atoms with van der Waals surface area (Å²) in [6.07, 6.45) is 0.995. The Hall–Kier alpha value is -0.120. The standard InChI is InChI=1S/C14H30N2O/c1-6-12(2)16-9-7-15(8-10-16)11-14(4,5)13(3)17/h12-13,17H,6-11H2,1-5H3. The summed E-state index contributed by atoms with van der Waals surface area (Å²) in [5.74, 6) is 0. The van der Waals surface area contributed by atoms with E-state index in [1.807, 2.05) is 6.92 Å². The lowest BCUT2D eigenvalue weighted by Gasteiger charge is -2.41. The van der Waals surface area contributed by atoms with Crippen molar-refractivity contribution < 1.29 is 5.11 Å². The Bertz CT molecular complexity index is 220. The minimum Gasteiger partial charge on any atom is -0.393 e. The van der Waals surface area contributed by atoms with Crippen molar-refractivity contribution in [2.75, 3.05) is 32.7 Å². The van der Waals surface area contributed by atoms with Crippen LogP contribution >= 0.6 is 0 Å². The van der Waals surface area contributed by atoms with Gasteiger partial charge in [0.1, 0.15) is 0 Å². The molecule has 0 aromatic carbocycles. The number of rotatable bonds is 5. The summed E-state index contributed by atoms with van der Waals surface area (Å²) in [6.45, 7) is 16.4. The van der Waals surface area contributed by atoms with Crippen molar-refractivity contribution in [2.45, 2.75) is 53.2 Å². The molecule has 3 nitrogen and oxygen atoms in total. The molecule has 2 unspecified atom stereocenters. The summed E-state index contributed by atoms with van der Waals surface area (Å²) in [6, 6.07) is 0.710. The third kappa shape index (κ3) is 4.23. The SMILES string of the molecule is CCC(C)N1CCN(CC(C)(C)C(C)O)CC1. The molecule has 0 aliphatic carbocycles. The molecular weight excluding hydrogens is 212 g/mol. The number of hydrogen-bond acceptors (Lipinski definition) is 3. The van der Waals surface area contributed by atoms with Gasteiger partial charge in [-0.15, -0.1) is 0 Å². The molecule has 1 fully saturated rings. The number of aliphatic hydroxyl groups excluding tert-OH is 1. The predicted molar refractivity (Wildman–Crippen MR) is 73.2 cm³/mol. The van der Waals surface area contributed by atoms with Gasteiger partial charge in [-0.2, -0.15) is 0 Å². The highest BCUT2D eigenvalue weighted by molar-refractivity contribution is 4.82. The van der Waals surface area contributed by atoms with Crippen LogP contribution in [-0.2, 0) is 0 Å². The molecule has 1 N–H and O–H groups in total. The van der Waals surface area contributed by atoms with E-state index in [4.69, 9.17) is 0 Å². The van der Waals surface area contributed by atoms with Gasteiger partial charge in [-0.3, -0.25) is 4.90 Å². The van der Waals surface area contributed by atoms with E-state index in [9.17, 15) is 5.11 Å². The van der Waals surface area contributed by atoms with Gasteiger partial charge in [0.2, 0.25) is 0 Å². The van der Waals surface area contributed by atoms with Gasteiger partial charge >= 0.3 is 0 Å². The van der Waals surface area contributed by atoms with Crippen LogP contribution in [-0.4, -0.2) is 59.8 Å². The average Bonchev–Trinajstić information content (AvgIpc) is 2.28. The molecule has 102 valence electrons. The van der Waals surface area contributed by atoms with Crippen LogP contribution in [0.25, 0.3) is 0 Å². The van der Waals surface area contributed by atoms with E-state index < -0.39 is 0 Å². The molecule has 1 heterocycles. The fourth-order valence-electron chi connectivity index (χ4n) is 2.33. The van der Waals surface area contributed by atoms with Gasteiger partial charge in [0, 0.05) is 44.2 Å². The van der Waals surface area contributed by atoms with Crippen molar-refractivity contribution >= 4 is 0 Å². The molecule has 0 amide bonds. The lowest BCUT2D eigenvalue weighted by atomic mass is 9.86. The Morgan fingerprint density at radius 2 is 1.65 bits per heavy atom. The first-order valence-corrected chi connectivity index (χ1v) is 7.01. The second kappa shape index (κ2) is 6.17. The Morgan fingerprint density at radius 1 is 1.12 bits per heavy atom. The zero-order valence-electron chi connectivity index (χ0n) is 12.2. The largest absolute Gasteiger partial charge is 0.393 e. The van der Waals surface area contributed by atoms with E-state index >= 15 is 0 Å². The highest BCUT2D eigenvalue weighted by Gasteiger charge is 2.29. The summed E-state index contributed by atoms with van der Waals surface area (Å²) in [5, 5.41) is 9.75. The third-order valence-corrected chi connectivity index (χ3v) is 4.38. The van der Waals surface area contributed by atoms with Gasteiger partial charge in [-0.05, 0) is 20.3 Å². The molecule has 17 heavy (non-hydrogen) atoms. The van der Waals surface area contributed by atoms with Crippen LogP contribution in [0.1, 0.15) is 41.0 Å². The van der Waals surface area contributed by atoms with E-state index in [1.165, 1.54) is 19.5 Å². The molecule has 0 bridgehead atoms. The molecule has 0 saturated carbocycles. The average molecular weight is 242 g/mol. The monoisotopic (exact) mass is 242 g/mol. The first-order valence-electron chi connectivity index (χ1n) is 7.01. The first-order chi connectivity index (χ1) is 7.86. The van der Waals surface area contributed by atoms with E-state index in [-0.39, 0.29) is 11.5 Å². The molecule has 0 spiro atoms. The highest BCUT2D eigenvalue weighted by Crippen LogP contribution is 2.22. The Labute approximate surface area is 107 Å². The second-order valence-electron chi connectivity index (χ2n) is 6.23. The molecular formula is C14H30N2O. The minimum atomic E-state index is -0.241. The van der Waals surface area contributed by atoms with E-state index in [0.29, 0.717) is 6.04 Å². The third-order valence-electron chi connectivity index (χ3n) is 4.38. The summed E-state index contributed by atoms with van der Waals surface area (Å²) in [7, 11) is 0. The summed E-state index contributed by atoms with van der Waals surface area (Å²) < 4.78 is 0. The van der Waals surface area contributed by atoms with Crippen LogP contribution in [0.15, 0.2) is 0 Å². The van der Waals surface area contributed by atoms with Crippen molar-refractivity contribution in [3.8, 4) is 0 Å². The van der Waals surface area contributed by atoms with Crippen LogP contribution < -0.4 is 0 Å².